The van der Waals surface area contributed by atoms with E-state index in [9.17, 15) is 10.2 Å². The highest BCUT2D eigenvalue weighted by molar-refractivity contribution is 5.41. The second-order valence-corrected chi connectivity index (χ2v) is 4.71. The van der Waals surface area contributed by atoms with Crippen LogP contribution in [0.25, 0.3) is 0 Å². The Morgan fingerprint density at radius 2 is 1.85 bits per heavy atom. The number of benzene rings is 2. The Balaban J connectivity index is 2.16. The lowest BCUT2D eigenvalue weighted by Crippen LogP contribution is -2.28. The summed E-state index contributed by atoms with van der Waals surface area (Å²) in [5, 5.41) is 20.1. The van der Waals surface area contributed by atoms with E-state index < -0.39 is 12.1 Å². The Morgan fingerprint density at radius 1 is 1.15 bits per heavy atom. The number of phenolic OH excluding ortho intramolecular Hbond substituents is 1. The second kappa shape index (κ2) is 6.41. The molecular formula is C16H19NO3. The molecule has 2 rings (SSSR count). The van der Waals surface area contributed by atoms with Gasteiger partial charge in [-0.25, -0.2) is 0 Å². The van der Waals surface area contributed by atoms with Crippen molar-refractivity contribution in [2.75, 3.05) is 7.11 Å². The molecule has 0 spiro atoms. The zero-order chi connectivity index (χ0) is 14.5. The maximum absolute atomic E-state index is 10.2. The van der Waals surface area contributed by atoms with Crippen LogP contribution in [0.1, 0.15) is 17.2 Å². The Kier molecular flexibility index (Phi) is 4.61. The molecule has 106 valence electrons. The van der Waals surface area contributed by atoms with Crippen molar-refractivity contribution in [2.24, 2.45) is 5.73 Å². The van der Waals surface area contributed by atoms with Crippen molar-refractivity contribution in [3.8, 4) is 11.5 Å². The molecule has 4 N–H and O–H groups in total. The van der Waals surface area contributed by atoms with E-state index in [1.165, 1.54) is 6.07 Å². The van der Waals surface area contributed by atoms with E-state index in [2.05, 4.69) is 0 Å². The van der Waals surface area contributed by atoms with E-state index in [0.717, 1.165) is 5.56 Å². The van der Waals surface area contributed by atoms with E-state index in [1.807, 2.05) is 30.3 Å². The van der Waals surface area contributed by atoms with Crippen LogP contribution in [0.3, 0.4) is 0 Å². The number of nitrogens with two attached hydrogens (primary N) is 1. The summed E-state index contributed by atoms with van der Waals surface area (Å²) in [6.07, 6.45) is -0.353. The van der Waals surface area contributed by atoms with Crippen LogP contribution in [0.5, 0.6) is 11.5 Å². The standard InChI is InChI=1S/C16H19NO3/c1-20-12-7-8-14(18)13(10-12)16(17)15(19)9-11-5-3-2-4-6-11/h2-8,10,15-16,18-19H,9,17H2,1H3/t15-,16+/m1/s1. The molecule has 0 aliphatic heterocycles. The fraction of sp³-hybridized carbons (Fsp3) is 0.250. The van der Waals surface area contributed by atoms with Crippen molar-refractivity contribution in [1.82, 2.24) is 0 Å². The molecule has 0 saturated heterocycles. The predicted octanol–water partition coefficient (Wildman–Crippen LogP) is 2.00. The highest BCUT2D eigenvalue weighted by atomic mass is 16.5. The normalized spacial score (nSPS) is 13.8. The maximum Gasteiger partial charge on any atom is 0.120 e. The lowest BCUT2D eigenvalue weighted by molar-refractivity contribution is 0.143. The molecule has 0 radical (unpaired) electrons. The average molecular weight is 273 g/mol. The Labute approximate surface area is 118 Å². The van der Waals surface area contributed by atoms with Crippen LogP contribution in [0.4, 0.5) is 0 Å². The number of methoxy groups -OCH3 is 1. The lowest BCUT2D eigenvalue weighted by atomic mass is 9.96. The van der Waals surface area contributed by atoms with Gasteiger partial charge in [-0.2, -0.15) is 0 Å². The molecule has 0 saturated carbocycles. The molecule has 0 unspecified atom stereocenters. The first-order valence-electron chi connectivity index (χ1n) is 6.46. The molecule has 0 bridgehead atoms. The number of rotatable bonds is 5. The number of hydrogen-bond acceptors (Lipinski definition) is 4. The molecule has 0 aliphatic carbocycles. The summed E-state index contributed by atoms with van der Waals surface area (Å²) in [5.74, 6) is 0.658. The molecular weight excluding hydrogens is 254 g/mol. The van der Waals surface area contributed by atoms with Gasteiger partial charge in [0.2, 0.25) is 0 Å². The smallest absolute Gasteiger partial charge is 0.120 e. The third-order valence-electron chi connectivity index (χ3n) is 3.30. The average Bonchev–Trinajstić information content (AvgIpc) is 2.48. The van der Waals surface area contributed by atoms with Crippen molar-refractivity contribution in [2.45, 2.75) is 18.6 Å². The number of aromatic hydroxyl groups is 1. The molecule has 0 aromatic heterocycles. The number of aliphatic hydroxyl groups excluding tert-OH is 1. The first kappa shape index (κ1) is 14.4. The van der Waals surface area contributed by atoms with E-state index in [4.69, 9.17) is 10.5 Å². The van der Waals surface area contributed by atoms with Crippen LogP contribution in [-0.2, 0) is 6.42 Å². The fourth-order valence-electron chi connectivity index (χ4n) is 2.12. The summed E-state index contributed by atoms with van der Waals surface area (Å²) in [5.41, 5.74) is 7.52. The van der Waals surface area contributed by atoms with Gasteiger partial charge in [-0.15, -0.1) is 0 Å². The number of hydrogen-bond donors (Lipinski definition) is 3. The molecule has 2 aromatic carbocycles. The summed E-state index contributed by atoms with van der Waals surface area (Å²) >= 11 is 0. The highest BCUT2D eigenvalue weighted by Crippen LogP contribution is 2.29. The third-order valence-corrected chi connectivity index (χ3v) is 3.30. The summed E-state index contributed by atoms with van der Waals surface area (Å²) in [6.45, 7) is 0. The molecule has 2 atom stereocenters. The van der Waals surface area contributed by atoms with E-state index in [1.54, 1.807) is 19.2 Å². The number of ether oxygens (including phenoxy) is 1. The molecule has 0 heterocycles. The Hall–Kier alpha value is -2.04. The topological polar surface area (TPSA) is 75.7 Å². The first-order valence-corrected chi connectivity index (χ1v) is 6.46. The third kappa shape index (κ3) is 3.29. The van der Waals surface area contributed by atoms with Gasteiger partial charge < -0.3 is 20.7 Å². The molecule has 0 fully saturated rings. The predicted molar refractivity (Wildman–Crippen MR) is 77.7 cm³/mol. The zero-order valence-corrected chi connectivity index (χ0v) is 11.4. The summed E-state index contributed by atoms with van der Waals surface area (Å²) in [7, 11) is 1.54. The largest absolute Gasteiger partial charge is 0.508 e. The van der Waals surface area contributed by atoms with E-state index >= 15 is 0 Å². The minimum atomic E-state index is -0.782. The van der Waals surface area contributed by atoms with Crippen LogP contribution in [0, 0.1) is 0 Å². The van der Waals surface area contributed by atoms with Gasteiger partial charge >= 0.3 is 0 Å². The van der Waals surface area contributed by atoms with Crippen molar-refractivity contribution in [3.05, 3.63) is 59.7 Å². The monoisotopic (exact) mass is 273 g/mol. The number of aliphatic hydroxyl groups is 1. The van der Waals surface area contributed by atoms with Crippen molar-refractivity contribution >= 4 is 0 Å². The van der Waals surface area contributed by atoms with Gasteiger partial charge in [0.05, 0.1) is 19.3 Å². The van der Waals surface area contributed by atoms with E-state index in [-0.39, 0.29) is 5.75 Å². The zero-order valence-electron chi connectivity index (χ0n) is 11.4. The van der Waals surface area contributed by atoms with Gasteiger partial charge in [0.15, 0.2) is 0 Å². The van der Waals surface area contributed by atoms with Crippen molar-refractivity contribution in [1.29, 1.82) is 0 Å². The minimum Gasteiger partial charge on any atom is -0.508 e. The summed E-state index contributed by atoms with van der Waals surface area (Å²) in [4.78, 5) is 0. The maximum atomic E-state index is 10.2. The Bertz CT molecular complexity index is 557. The summed E-state index contributed by atoms with van der Waals surface area (Å²) in [6, 6.07) is 13.7. The molecule has 0 aliphatic rings. The van der Waals surface area contributed by atoms with Crippen LogP contribution < -0.4 is 10.5 Å². The van der Waals surface area contributed by atoms with Crippen molar-refractivity contribution in [3.63, 3.8) is 0 Å². The Morgan fingerprint density at radius 3 is 2.50 bits per heavy atom. The lowest BCUT2D eigenvalue weighted by Gasteiger charge is -2.20. The minimum absolute atomic E-state index is 0.0606. The van der Waals surface area contributed by atoms with Gasteiger partial charge in [0.25, 0.3) is 0 Å². The van der Waals surface area contributed by atoms with Crippen LogP contribution in [0.15, 0.2) is 48.5 Å². The van der Waals surface area contributed by atoms with Gasteiger partial charge in [0, 0.05) is 12.0 Å². The molecule has 4 nitrogen and oxygen atoms in total. The van der Waals surface area contributed by atoms with Gasteiger partial charge in [-0.1, -0.05) is 30.3 Å². The second-order valence-electron chi connectivity index (χ2n) is 4.71. The summed E-state index contributed by atoms with van der Waals surface area (Å²) < 4.78 is 5.11. The van der Waals surface area contributed by atoms with E-state index in [0.29, 0.717) is 17.7 Å². The molecule has 0 amide bonds. The quantitative estimate of drug-likeness (QED) is 0.779. The highest BCUT2D eigenvalue weighted by Gasteiger charge is 2.20. The molecule has 2 aromatic rings. The first-order chi connectivity index (χ1) is 9.61. The molecule has 4 heteroatoms. The van der Waals surface area contributed by atoms with Gasteiger partial charge in [-0.3, -0.25) is 0 Å². The fourth-order valence-corrected chi connectivity index (χ4v) is 2.12. The van der Waals surface area contributed by atoms with Gasteiger partial charge in [-0.05, 0) is 23.8 Å². The van der Waals surface area contributed by atoms with Gasteiger partial charge in [0.1, 0.15) is 11.5 Å². The van der Waals surface area contributed by atoms with Crippen LogP contribution in [-0.4, -0.2) is 23.4 Å². The number of phenols is 1. The van der Waals surface area contributed by atoms with Crippen LogP contribution >= 0.6 is 0 Å². The van der Waals surface area contributed by atoms with Crippen molar-refractivity contribution < 1.29 is 14.9 Å². The molecule has 20 heavy (non-hydrogen) atoms. The van der Waals surface area contributed by atoms with Crippen LogP contribution in [0.2, 0.25) is 0 Å². The SMILES string of the molecule is COc1ccc(O)c([C@H](N)[C@H](O)Cc2ccccc2)c1.